The minimum Gasteiger partial charge on any atom is -0.491 e. The quantitative estimate of drug-likeness (QED) is 0.853. The van der Waals surface area contributed by atoms with Crippen molar-refractivity contribution < 1.29 is 14.6 Å². The molecule has 0 spiro atoms. The highest BCUT2D eigenvalue weighted by Crippen LogP contribution is 2.22. The van der Waals surface area contributed by atoms with Crippen LogP contribution in [0.3, 0.4) is 0 Å². The van der Waals surface area contributed by atoms with Crippen molar-refractivity contribution >= 4 is 0 Å². The van der Waals surface area contributed by atoms with Gasteiger partial charge in [-0.2, -0.15) is 0 Å². The van der Waals surface area contributed by atoms with Gasteiger partial charge in [0.25, 0.3) is 0 Å². The number of hydrogen-bond donors (Lipinski definition) is 2. The number of rotatable bonds is 5. The Morgan fingerprint density at radius 1 is 1.37 bits per heavy atom. The predicted molar refractivity (Wildman–Crippen MR) is 74.4 cm³/mol. The van der Waals surface area contributed by atoms with E-state index < -0.39 is 6.10 Å². The first-order chi connectivity index (χ1) is 9.15. The van der Waals surface area contributed by atoms with Gasteiger partial charge in [0, 0.05) is 12.6 Å². The molecular formula is C15H23NO3. The molecule has 0 aliphatic carbocycles. The van der Waals surface area contributed by atoms with Crippen LogP contribution in [-0.2, 0) is 4.74 Å². The molecule has 0 amide bonds. The van der Waals surface area contributed by atoms with Gasteiger partial charge in [-0.1, -0.05) is 12.1 Å². The standard InChI is InChI=1S/C15H23NO3/c1-11(2)19-14-5-3-12(4-6-14)15(17)9-13-10-18-8-7-16-13/h3-6,11,13,15-17H,7-10H2,1-2H3. The van der Waals surface area contributed by atoms with E-state index in [0.717, 1.165) is 24.5 Å². The van der Waals surface area contributed by atoms with Crippen molar-refractivity contribution in [2.75, 3.05) is 19.8 Å². The van der Waals surface area contributed by atoms with Gasteiger partial charge in [0.1, 0.15) is 5.75 Å². The molecule has 0 saturated carbocycles. The Kier molecular flexibility index (Phi) is 5.19. The second-order valence-corrected chi connectivity index (χ2v) is 5.21. The van der Waals surface area contributed by atoms with Crippen LogP contribution in [0.5, 0.6) is 5.75 Å². The van der Waals surface area contributed by atoms with Crippen LogP contribution in [-0.4, -0.2) is 37.0 Å². The van der Waals surface area contributed by atoms with Crippen molar-refractivity contribution in [1.82, 2.24) is 5.32 Å². The molecule has 1 aliphatic rings. The summed E-state index contributed by atoms with van der Waals surface area (Å²) in [5.41, 5.74) is 0.920. The van der Waals surface area contributed by atoms with Crippen LogP contribution in [0.4, 0.5) is 0 Å². The Bertz CT molecular complexity index is 371. The Labute approximate surface area is 114 Å². The SMILES string of the molecule is CC(C)Oc1ccc(C(O)CC2COCCN2)cc1. The van der Waals surface area contributed by atoms with Crippen molar-refractivity contribution in [2.45, 2.75) is 38.5 Å². The summed E-state index contributed by atoms with van der Waals surface area (Å²) >= 11 is 0. The zero-order valence-electron chi connectivity index (χ0n) is 11.6. The molecule has 0 bridgehead atoms. The number of aliphatic hydroxyl groups is 1. The lowest BCUT2D eigenvalue weighted by molar-refractivity contribution is 0.0519. The monoisotopic (exact) mass is 265 g/mol. The molecule has 1 saturated heterocycles. The third-order valence-corrected chi connectivity index (χ3v) is 3.14. The number of benzene rings is 1. The molecule has 2 rings (SSSR count). The number of ether oxygens (including phenoxy) is 2. The van der Waals surface area contributed by atoms with E-state index in [1.807, 2.05) is 38.1 Å². The first-order valence-corrected chi connectivity index (χ1v) is 6.91. The highest BCUT2D eigenvalue weighted by atomic mass is 16.5. The highest BCUT2D eigenvalue weighted by Gasteiger charge is 2.18. The van der Waals surface area contributed by atoms with Gasteiger partial charge in [0.15, 0.2) is 0 Å². The smallest absolute Gasteiger partial charge is 0.119 e. The maximum Gasteiger partial charge on any atom is 0.119 e. The fraction of sp³-hybridized carbons (Fsp3) is 0.600. The number of hydrogen-bond acceptors (Lipinski definition) is 4. The second kappa shape index (κ2) is 6.89. The van der Waals surface area contributed by atoms with Crippen molar-refractivity contribution in [1.29, 1.82) is 0 Å². The summed E-state index contributed by atoms with van der Waals surface area (Å²) in [6.45, 7) is 6.28. The lowest BCUT2D eigenvalue weighted by Crippen LogP contribution is -2.42. The Morgan fingerprint density at radius 2 is 2.11 bits per heavy atom. The minimum atomic E-state index is -0.465. The third-order valence-electron chi connectivity index (χ3n) is 3.14. The van der Waals surface area contributed by atoms with Crippen LogP contribution >= 0.6 is 0 Å². The molecule has 1 aliphatic heterocycles. The molecule has 1 fully saturated rings. The van der Waals surface area contributed by atoms with E-state index in [-0.39, 0.29) is 12.1 Å². The summed E-state index contributed by atoms with van der Waals surface area (Å²) in [6, 6.07) is 7.89. The van der Waals surface area contributed by atoms with Crippen LogP contribution < -0.4 is 10.1 Å². The summed E-state index contributed by atoms with van der Waals surface area (Å²) < 4.78 is 11.0. The second-order valence-electron chi connectivity index (χ2n) is 5.21. The van der Waals surface area contributed by atoms with Gasteiger partial charge < -0.3 is 19.9 Å². The maximum absolute atomic E-state index is 10.2. The lowest BCUT2D eigenvalue weighted by atomic mass is 10.0. The zero-order valence-corrected chi connectivity index (χ0v) is 11.6. The number of nitrogens with one attached hydrogen (secondary N) is 1. The van der Waals surface area contributed by atoms with E-state index in [2.05, 4.69) is 5.32 Å². The molecule has 1 aromatic rings. The molecule has 1 heterocycles. The van der Waals surface area contributed by atoms with Crippen molar-refractivity contribution in [3.63, 3.8) is 0 Å². The van der Waals surface area contributed by atoms with Crippen LogP contribution in [0.15, 0.2) is 24.3 Å². The minimum absolute atomic E-state index is 0.166. The molecule has 2 N–H and O–H groups in total. The molecule has 106 valence electrons. The Balaban J connectivity index is 1.89. The van der Waals surface area contributed by atoms with Gasteiger partial charge in [-0.05, 0) is 38.0 Å². The fourth-order valence-electron chi connectivity index (χ4n) is 2.22. The number of aliphatic hydroxyl groups excluding tert-OH is 1. The van der Waals surface area contributed by atoms with Gasteiger partial charge in [-0.3, -0.25) is 0 Å². The van der Waals surface area contributed by atoms with Gasteiger partial charge >= 0.3 is 0 Å². The molecule has 1 aromatic carbocycles. The van der Waals surface area contributed by atoms with Crippen LogP contribution in [0.25, 0.3) is 0 Å². The Morgan fingerprint density at radius 3 is 2.68 bits per heavy atom. The van der Waals surface area contributed by atoms with Gasteiger partial charge in [0.2, 0.25) is 0 Å². The van der Waals surface area contributed by atoms with E-state index >= 15 is 0 Å². The van der Waals surface area contributed by atoms with E-state index in [9.17, 15) is 5.11 Å². The van der Waals surface area contributed by atoms with Gasteiger partial charge in [-0.25, -0.2) is 0 Å². The molecule has 4 nitrogen and oxygen atoms in total. The maximum atomic E-state index is 10.2. The molecule has 0 aromatic heterocycles. The summed E-state index contributed by atoms with van der Waals surface area (Å²) in [6.07, 6.45) is 0.372. The zero-order chi connectivity index (χ0) is 13.7. The van der Waals surface area contributed by atoms with E-state index in [4.69, 9.17) is 9.47 Å². The van der Waals surface area contributed by atoms with Crippen molar-refractivity contribution in [3.05, 3.63) is 29.8 Å². The summed E-state index contributed by atoms with van der Waals surface area (Å²) in [5.74, 6) is 0.838. The average Bonchev–Trinajstić information content (AvgIpc) is 2.40. The molecule has 2 unspecified atom stereocenters. The molecule has 19 heavy (non-hydrogen) atoms. The lowest BCUT2D eigenvalue weighted by Gasteiger charge is -2.26. The van der Waals surface area contributed by atoms with Crippen LogP contribution in [0.1, 0.15) is 31.9 Å². The topological polar surface area (TPSA) is 50.7 Å². The van der Waals surface area contributed by atoms with Crippen LogP contribution in [0.2, 0.25) is 0 Å². The first kappa shape index (κ1) is 14.3. The fourth-order valence-corrected chi connectivity index (χ4v) is 2.22. The normalized spacial score (nSPS) is 21.4. The summed E-state index contributed by atoms with van der Waals surface area (Å²) in [7, 11) is 0. The van der Waals surface area contributed by atoms with E-state index in [1.54, 1.807) is 0 Å². The van der Waals surface area contributed by atoms with Crippen molar-refractivity contribution in [3.8, 4) is 5.75 Å². The third kappa shape index (κ3) is 4.49. The number of morpholine rings is 1. The van der Waals surface area contributed by atoms with E-state index in [0.29, 0.717) is 13.0 Å². The predicted octanol–water partition coefficient (Wildman–Crippen LogP) is 1.89. The molecular weight excluding hydrogens is 242 g/mol. The summed E-state index contributed by atoms with van der Waals surface area (Å²) in [4.78, 5) is 0. The molecule has 4 heteroatoms. The van der Waals surface area contributed by atoms with Gasteiger partial charge in [-0.15, -0.1) is 0 Å². The van der Waals surface area contributed by atoms with E-state index in [1.165, 1.54) is 0 Å². The molecule has 2 atom stereocenters. The first-order valence-electron chi connectivity index (χ1n) is 6.91. The largest absolute Gasteiger partial charge is 0.491 e. The average molecular weight is 265 g/mol. The highest BCUT2D eigenvalue weighted by molar-refractivity contribution is 5.28. The van der Waals surface area contributed by atoms with Gasteiger partial charge in [0.05, 0.1) is 25.4 Å². The van der Waals surface area contributed by atoms with Crippen molar-refractivity contribution in [2.24, 2.45) is 0 Å². The summed E-state index contributed by atoms with van der Waals surface area (Å²) in [5, 5.41) is 13.6. The molecule has 0 radical (unpaired) electrons. The van der Waals surface area contributed by atoms with Crippen LogP contribution in [0, 0.1) is 0 Å². The Hall–Kier alpha value is -1.10.